The number of fused-ring (bicyclic) bond motifs is 2. The van der Waals surface area contributed by atoms with Crippen LogP contribution in [0.5, 0.6) is 5.88 Å². The van der Waals surface area contributed by atoms with Crippen LogP contribution >= 0.6 is 22.9 Å². The van der Waals surface area contributed by atoms with Gasteiger partial charge in [-0.2, -0.15) is 4.98 Å². The molecular formula is C82H103ClN14O12S2. The van der Waals surface area contributed by atoms with Crippen molar-refractivity contribution in [3.8, 4) is 16.3 Å². The highest BCUT2D eigenvalue weighted by Gasteiger charge is 2.45. The van der Waals surface area contributed by atoms with Gasteiger partial charge in [0.1, 0.15) is 29.1 Å². The number of aromatic amines is 1. The lowest BCUT2D eigenvalue weighted by molar-refractivity contribution is -0.384. The second-order valence-electron chi connectivity index (χ2n) is 32.0. The molecule has 5 amide bonds. The molecule has 26 nitrogen and oxygen atoms in total. The molecule has 0 unspecified atom stereocenters. The molecule has 111 heavy (non-hydrogen) atoms. The van der Waals surface area contributed by atoms with E-state index in [1.807, 2.05) is 111 Å². The number of hydrogen-bond acceptors (Lipinski definition) is 20. The Morgan fingerprint density at radius 3 is 2.30 bits per heavy atom. The van der Waals surface area contributed by atoms with Gasteiger partial charge in [0.2, 0.25) is 29.5 Å². The summed E-state index contributed by atoms with van der Waals surface area (Å²) < 4.78 is 42.3. The number of anilines is 4. The second-order valence-corrected chi connectivity index (χ2v) is 35.0. The number of pyridine rings is 1. The van der Waals surface area contributed by atoms with Crippen LogP contribution in [0.15, 0.2) is 119 Å². The summed E-state index contributed by atoms with van der Waals surface area (Å²) in [6.45, 7) is 21.6. The van der Waals surface area contributed by atoms with Crippen LogP contribution in [0, 0.1) is 33.8 Å². The molecule has 6 aliphatic rings. The SMILES string of the molecule is Cc1ncsc1-c1ccc([C@H](C)NC(=O)[C@@H]2C[C@@H](O)CN2C(=O)[C@@H](NC(=O)CCCCCC(=O)N2CCN(C[C@]3(C)CCC(CN4CCN(c5ccc(C(=O)NS(=O)(=O)c6ccc(NCC7CCOCC7)c([N+](=O)[O-])c6)c(N6CCCOc7nc8[nH]ccc8cc76)c5)CC4)=C(c4ccc(Cl)cc4)C3)CC2)C(C)(C)C)cc1. The third-order valence-electron chi connectivity index (χ3n) is 22.8. The number of sulfonamides is 1. The van der Waals surface area contributed by atoms with Gasteiger partial charge in [0, 0.05) is 146 Å². The van der Waals surface area contributed by atoms with Gasteiger partial charge in [-0.3, -0.25) is 43.9 Å². The molecule has 592 valence electrons. The molecular weight excluding hydrogens is 1470 g/mol. The molecule has 29 heteroatoms. The largest absolute Gasteiger partial charge is 0.476 e. The number of nitro groups is 1. The van der Waals surface area contributed by atoms with Crippen LogP contribution in [0.4, 0.5) is 28.4 Å². The van der Waals surface area contributed by atoms with Crippen LogP contribution < -0.4 is 35.2 Å². The number of ether oxygens (including phenoxy) is 2. The van der Waals surface area contributed by atoms with E-state index in [-0.39, 0.29) is 65.7 Å². The van der Waals surface area contributed by atoms with Crippen molar-refractivity contribution >= 4 is 108 Å². The zero-order valence-electron chi connectivity index (χ0n) is 64.2. The maximum absolute atomic E-state index is 14.7. The number of nitro benzene ring substituents is 1. The minimum atomic E-state index is -4.64. The smallest absolute Gasteiger partial charge is 0.293 e. The van der Waals surface area contributed by atoms with Gasteiger partial charge in [0.05, 0.1) is 55.9 Å². The fraction of sp³-hybridized carbons (Fsp3) is 0.500. The van der Waals surface area contributed by atoms with E-state index in [9.17, 15) is 47.6 Å². The lowest BCUT2D eigenvalue weighted by atomic mass is 9.70. The number of aliphatic hydroxyl groups excluding tert-OH is 1. The van der Waals surface area contributed by atoms with E-state index in [0.29, 0.717) is 119 Å². The molecule has 13 rings (SSSR count). The molecule has 0 radical (unpaired) electrons. The number of piperazine rings is 2. The summed E-state index contributed by atoms with van der Waals surface area (Å²) in [6, 6.07) is 26.8. The van der Waals surface area contributed by atoms with Gasteiger partial charge in [-0.15, -0.1) is 11.3 Å². The van der Waals surface area contributed by atoms with Crippen LogP contribution in [0.2, 0.25) is 5.02 Å². The van der Waals surface area contributed by atoms with Crippen LogP contribution in [0.25, 0.3) is 27.0 Å². The maximum Gasteiger partial charge on any atom is 0.293 e. The Kier molecular flexibility index (Phi) is 25.2. The Bertz CT molecular complexity index is 4680. The molecule has 8 heterocycles. The summed E-state index contributed by atoms with van der Waals surface area (Å²) in [7, 11) is -4.64. The van der Waals surface area contributed by atoms with Gasteiger partial charge in [-0.25, -0.2) is 18.1 Å². The van der Waals surface area contributed by atoms with Crippen LogP contribution in [0.1, 0.15) is 145 Å². The monoisotopic (exact) mass is 1570 g/mol. The number of rotatable bonds is 26. The Hall–Kier alpha value is -9.03. The van der Waals surface area contributed by atoms with E-state index in [4.69, 9.17) is 26.1 Å². The first-order valence-corrected chi connectivity index (χ1v) is 41.7. The van der Waals surface area contributed by atoms with Crippen molar-refractivity contribution in [3.05, 3.63) is 152 Å². The van der Waals surface area contributed by atoms with E-state index in [1.54, 1.807) is 23.6 Å². The first-order valence-electron chi connectivity index (χ1n) is 39.0. The molecule has 0 bridgehead atoms. The first-order chi connectivity index (χ1) is 53.2. The number of aryl methyl sites for hydroxylation is 1. The molecule has 3 aromatic heterocycles. The van der Waals surface area contributed by atoms with Crippen LogP contribution in [0.3, 0.4) is 0 Å². The minimum Gasteiger partial charge on any atom is -0.476 e. The second kappa shape index (κ2) is 34.9. The number of hydrogen-bond donors (Lipinski definition) is 6. The third kappa shape index (κ3) is 19.4. The summed E-state index contributed by atoms with van der Waals surface area (Å²) in [5.41, 5.74) is 10.2. The number of likely N-dealkylation sites (tertiary alicyclic amines) is 1. The first kappa shape index (κ1) is 80.0. The zero-order valence-corrected chi connectivity index (χ0v) is 66.6. The summed E-state index contributed by atoms with van der Waals surface area (Å²) in [5.74, 6) is -1.26. The van der Waals surface area contributed by atoms with E-state index in [1.165, 1.54) is 28.2 Å². The Morgan fingerprint density at radius 1 is 0.847 bits per heavy atom. The van der Waals surface area contributed by atoms with Crippen molar-refractivity contribution in [3.63, 3.8) is 0 Å². The van der Waals surface area contributed by atoms with Crippen molar-refractivity contribution in [1.29, 1.82) is 0 Å². The molecule has 0 spiro atoms. The van der Waals surface area contributed by atoms with Gasteiger partial charge >= 0.3 is 0 Å². The van der Waals surface area contributed by atoms with Crippen LogP contribution in [-0.4, -0.2) is 206 Å². The Labute approximate surface area is 658 Å². The minimum absolute atomic E-state index is 0.0202. The standard InChI is InChI=1S/C82H103ClN14O12S2/c1-53(56-13-15-58(16-14-56)74-54(2)86-52-110-74)87-78(102)70-45-63(98)50-96(70)80(103)75(81(3,4)5)88-72(99)11-8-7-9-12-73(100)94-38-34-92(35-39-94)51-82(6)29-25-60(66(47-82)57-17-19-61(83)20-18-57)49-91-32-36-93(37-33-91)62-21-23-65(68(44-62)95-31-10-40-109-79-71(95)43-59-26-30-84-76(59)89-79)77(101)90-111(106,107)64-22-24-67(69(46-64)97(104)105)85-48-55-27-41-108-42-28-55/h13-24,26,30,43-44,46,52-53,55,63,70,75,85,98H,7-12,25,27-29,31-42,45,47-51H2,1-6H3,(H,84,89)(H,87,102)(H,88,99)(H,90,101)/t53-,63+,70-,75+,82+/m0/s1. The number of allylic oxidation sites excluding steroid dienone is 1. The number of aromatic nitrogens is 3. The Morgan fingerprint density at radius 2 is 1.58 bits per heavy atom. The highest BCUT2D eigenvalue weighted by Crippen LogP contribution is 2.46. The summed E-state index contributed by atoms with van der Waals surface area (Å²) >= 11 is 8.08. The lowest BCUT2D eigenvalue weighted by Gasteiger charge is -2.44. The fourth-order valence-electron chi connectivity index (χ4n) is 16.4. The number of halogens is 1. The number of benzene rings is 4. The molecule has 7 aromatic rings. The summed E-state index contributed by atoms with van der Waals surface area (Å²) in [4.78, 5) is 108. The number of nitrogens with zero attached hydrogens (tertiary/aromatic N) is 9. The van der Waals surface area contributed by atoms with Gasteiger partial charge in [-0.05, 0) is 159 Å². The average molecular weight is 1580 g/mol. The molecule has 4 saturated heterocycles. The molecule has 4 aromatic carbocycles. The highest BCUT2D eigenvalue weighted by molar-refractivity contribution is 7.90. The number of thiazole rings is 1. The fourth-order valence-corrected chi connectivity index (χ4v) is 18.3. The third-order valence-corrected chi connectivity index (χ3v) is 25.3. The lowest BCUT2D eigenvalue weighted by Crippen LogP contribution is -2.57. The van der Waals surface area contributed by atoms with E-state index in [2.05, 4.69) is 64.4 Å². The maximum atomic E-state index is 14.7. The number of H-pyrrole nitrogens is 1. The number of nitrogens with one attached hydrogen (secondary N) is 5. The summed E-state index contributed by atoms with van der Waals surface area (Å²) in [6.07, 6.45) is 8.33. The zero-order chi connectivity index (χ0) is 78.3. The van der Waals surface area contributed by atoms with Crippen molar-refractivity contribution in [2.45, 2.75) is 148 Å². The molecule has 4 fully saturated rings. The van der Waals surface area contributed by atoms with Crippen molar-refractivity contribution < 1.29 is 51.9 Å². The number of unbranched alkanes of at least 4 members (excludes halogenated alkanes) is 2. The predicted octanol–water partition coefficient (Wildman–Crippen LogP) is 11.7. The van der Waals surface area contributed by atoms with Crippen LogP contribution in [-0.2, 0) is 33.9 Å². The van der Waals surface area contributed by atoms with Crippen molar-refractivity contribution in [1.82, 2.24) is 49.9 Å². The van der Waals surface area contributed by atoms with E-state index < -0.39 is 60.9 Å². The van der Waals surface area contributed by atoms with E-state index >= 15 is 0 Å². The average Bonchev–Trinajstić information content (AvgIpc) is 1.76. The van der Waals surface area contributed by atoms with Gasteiger partial charge in [0.25, 0.3) is 21.6 Å². The molecule has 1 aliphatic carbocycles. The van der Waals surface area contributed by atoms with E-state index in [0.717, 1.165) is 116 Å². The highest BCUT2D eigenvalue weighted by atomic mass is 35.5. The molecule has 6 N–H and O–H groups in total. The number of amides is 5. The number of carbonyl (C=O) groups is 5. The molecule has 0 saturated carbocycles. The predicted molar refractivity (Wildman–Crippen MR) is 431 cm³/mol. The molecule has 5 atom stereocenters. The number of aliphatic hydroxyl groups is 1. The van der Waals surface area contributed by atoms with Crippen molar-refractivity contribution in [2.75, 3.05) is 120 Å². The van der Waals surface area contributed by atoms with Gasteiger partial charge < -0.3 is 55.1 Å². The van der Waals surface area contributed by atoms with Gasteiger partial charge in [0.15, 0.2) is 0 Å². The number of β-amino-alcohol motifs (C(OH)–C–C–N with tert-alkyl or cyclic N) is 1. The topological polar surface area (TPSA) is 310 Å². The van der Waals surface area contributed by atoms with Gasteiger partial charge in [-0.1, -0.05) is 87.7 Å². The normalized spacial score (nSPS) is 20.3. The Balaban J connectivity index is 0.595. The quantitative estimate of drug-likeness (QED) is 0.0167. The molecule has 5 aliphatic heterocycles. The summed E-state index contributed by atoms with van der Waals surface area (Å²) in [5, 5.41) is 33.9. The van der Waals surface area contributed by atoms with Crippen molar-refractivity contribution in [2.24, 2.45) is 16.7 Å². The number of carbonyl (C=O) groups excluding carboxylic acids is 5.